The first-order valence-corrected chi connectivity index (χ1v) is 6.12. The number of amides is 1. The van der Waals surface area contributed by atoms with E-state index in [1.807, 2.05) is 6.07 Å². The number of carbonyl (C=O) groups is 1. The van der Waals surface area contributed by atoms with Crippen LogP contribution in [0.25, 0.3) is 0 Å². The van der Waals surface area contributed by atoms with Gasteiger partial charge in [0.15, 0.2) is 0 Å². The Labute approximate surface area is 117 Å². The van der Waals surface area contributed by atoms with Gasteiger partial charge in [-0.05, 0) is 12.1 Å². The molecular formula is C12H16ClN3OS. The van der Waals surface area contributed by atoms with Crippen molar-refractivity contribution in [3.8, 4) is 0 Å². The van der Waals surface area contributed by atoms with Crippen LogP contribution in [0, 0.1) is 0 Å². The van der Waals surface area contributed by atoms with Gasteiger partial charge in [0.2, 0.25) is 5.91 Å². The molecule has 6 heteroatoms. The molecule has 0 saturated heterocycles. The van der Waals surface area contributed by atoms with Crippen LogP contribution in [0.5, 0.6) is 0 Å². The average molecular weight is 286 g/mol. The molecule has 0 saturated carbocycles. The molecule has 1 aromatic rings. The van der Waals surface area contributed by atoms with Crippen LogP contribution in [0.1, 0.15) is 5.56 Å². The Morgan fingerprint density at radius 2 is 2.00 bits per heavy atom. The third-order valence-corrected chi connectivity index (χ3v) is 3.04. The number of anilines is 1. The van der Waals surface area contributed by atoms with Gasteiger partial charge in [-0.2, -0.15) is 0 Å². The number of halogens is 1. The molecule has 98 valence electrons. The molecule has 2 N–H and O–H groups in total. The normalized spacial score (nSPS) is 10.0. The van der Waals surface area contributed by atoms with E-state index in [2.05, 4.69) is 0 Å². The maximum atomic E-state index is 11.7. The molecule has 0 atom stereocenters. The van der Waals surface area contributed by atoms with E-state index in [0.717, 1.165) is 5.69 Å². The van der Waals surface area contributed by atoms with Crippen molar-refractivity contribution >= 4 is 40.4 Å². The number of rotatable bonds is 4. The Bertz CT molecular complexity index is 476. The lowest BCUT2D eigenvalue weighted by molar-refractivity contribution is -0.127. The SMILES string of the molecule is CN(C)C(=O)CN(C)c1cccc(Cl)c1C(N)=S. The van der Waals surface area contributed by atoms with Gasteiger partial charge < -0.3 is 15.5 Å². The Hall–Kier alpha value is -1.33. The molecule has 1 aromatic carbocycles. The fourth-order valence-corrected chi connectivity index (χ4v) is 2.05. The van der Waals surface area contributed by atoms with Gasteiger partial charge in [0, 0.05) is 26.8 Å². The maximum absolute atomic E-state index is 11.7. The molecule has 0 fully saturated rings. The number of nitrogens with zero attached hydrogens (tertiary/aromatic N) is 2. The van der Waals surface area contributed by atoms with Crippen molar-refractivity contribution in [2.24, 2.45) is 5.73 Å². The molecule has 1 rings (SSSR count). The molecule has 4 nitrogen and oxygen atoms in total. The van der Waals surface area contributed by atoms with E-state index in [1.54, 1.807) is 38.2 Å². The molecule has 0 heterocycles. The second kappa shape index (κ2) is 6.02. The van der Waals surface area contributed by atoms with Crippen LogP contribution < -0.4 is 10.6 Å². The third kappa shape index (κ3) is 3.34. The first kappa shape index (κ1) is 14.7. The molecule has 0 spiro atoms. The highest BCUT2D eigenvalue weighted by molar-refractivity contribution is 7.80. The van der Waals surface area contributed by atoms with Gasteiger partial charge in [0.25, 0.3) is 0 Å². The highest BCUT2D eigenvalue weighted by atomic mass is 35.5. The van der Waals surface area contributed by atoms with Crippen LogP contribution in [0.4, 0.5) is 5.69 Å². The largest absolute Gasteiger partial charge is 0.389 e. The van der Waals surface area contributed by atoms with Gasteiger partial charge in [0.1, 0.15) is 4.99 Å². The number of hydrogen-bond acceptors (Lipinski definition) is 3. The average Bonchev–Trinajstić information content (AvgIpc) is 2.27. The summed E-state index contributed by atoms with van der Waals surface area (Å²) in [7, 11) is 5.22. The summed E-state index contributed by atoms with van der Waals surface area (Å²) in [5.74, 6) is -0.00800. The molecule has 18 heavy (non-hydrogen) atoms. The molecule has 0 radical (unpaired) electrons. The van der Waals surface area contributed by atoms with E-state index in [9.17, 15) is 4.79 Å². The van der Waals surface area contributed by atoms with Crippen molar-refractivity contribution in [2.45, 2.75) is 0 Å². The van der Waals surface area contributed by atoms with Crippen LogP contribution in [0.3, 0.4) is 0 Å². The standard InChI is InChI=1S/C12H16ClN3OS/c1-15(2)10(17)7-16(3)9-6-4-5-8(13)11(9)12(14)18/h4-6H,7H2,1-3H3,(H2,14,18). The predicted molar refractivity (Wildman–Crippen MR) is 79.3 cm³/mol. The van der Waals surface area contributed by atoms with E-state index in [-0.39, 0.29) is 17.4 Å². The fourth-order valence-electron chi connectivity index (χ4n) is 1.50. The molecule has 0 unspecified atom stereocenters. The zero-order chi connectivity index (χ0) is 13.9. The van der Waals surface area contributed by atoms with Crippen molar-refractivity contribution in [2.75, 3.05) is 32.6 Å². The Balaban J connectivity index is 3.06. The minimum atomic E-state index is -0.00800. The highest BCUT2D eigenvalue weighted by Gasteiger charge is 2.15. The van der Waals surface area contributed by atoms with Crippen LogP contribution in [-0.2, 0) is 4.79 Å². The van der Waals surface area contributed by atoms with E-state index in [1.165, 1.54) is 4.90 Å². The summed E-state index contributed by atoms with van der Waals surface area (Å²) in [6, 6.07) is 5.36. The minimum Gasteiger partial charge on any atom is -0.389 e. The zero-order valence-corrected chi connectivity index (χ0v) is 12.2. The molecular weight excluding hydrogens is 270 g/mol. The van der Waals surface area contributed by atoms with Gasteiger partial charge in [-0.25, -0.2) is 0 Å². The zero-order valence-electron chi connectivity index (χ0n) is 10.6. The van der Waals surface area contributed by atoms with Crippen LogP contribution in [-0.4, -0.2) is 43.5 Å². The molecule has 0 aliphatic rings. The monoisotopic (exact) mass is 285 g/mol. The summed E-state index contributed by atoms with van der Waals surface area (Å²) in [6.07, 6.45) is 0. The van der Waals surface area contributed by atoms with Crippen molar-refractivity contribution in [1.29, 1.82) is 0 Å². The number of hydrogen-bond donors (Lipinski definition) is 1. The summed E-state index contributed by atoms with van der Waals surface area (Å²) < 4.78 is 0. The Morgan fingerprint density at radius 1 is 1.39 bits per heavy atom. The maximum Gasteiger partial charge on any atom is 0.241 e. The number of likely N-dealkylation sites (N-methyl/N-ethyl adjacent to an activating group) is 2. The highest BCUT2D eigenvalue weighted by Crippen LogP contribution is 2.26. The van der Waals surface area contributed by atoms with Crippen molar-refractivity contribution < 1.29 is 4.79 Å². The number of carbonyl (C=O) groups excluding carboxylic acids is 1. The summed E-state index contributed by atoms with van der Waals surface area (Å²) in [6.45, 7) is 0.239. The fraction of sp³-hybridized carbons (Fsp3) is 0.333. The van der Waals surface area contributed by atoms with E-state index >= 15 is 0 Å². The smallest absolute Gasteiger partial charge is 0.241 e. The van der Waals surface area contributed by atoms with Crippen molar-refractivity contribution in [3.05, 3.63) is 28.8 Å². The van der Waals surface area contributed by atoms with Gasteiger partial charge in [-0.3, -0.25) is 4.79 Å². The third-order valence-electron chi connectivity index (χ3n) is 2.52. The van der Waals surface area contributed by atoms with Crippen LogP contribution in [0.15, 0.2) is 18.2 Å². The van der Waals surface area contributed by atoms with Gasteiger partial charge >= 0.3 is 0 Å². The minimum absolute atomic E-state index is 0.00800. The van der Waals surface area contributed by atoms with Crippen LogP contribution in [0.2, 0.25) is 5.02 Å². The number of benzene rings is 1. The predicted octanol–water partition coefficient (Wildman–Crippen LogP) is 1.50. The first-order valence-electron chi connectivity index (χ1n) is 5.34. The van der Waals surface area contributed by atoms with Gasteiger partial charge in [0.05, 0.1) is 17.1 Å². The molecule has 0 bridgehead atoms. The van der Waals surface area contributed by atoms with Gasteiger partial charge in [-0.1, -0.05) is 29.9 Å². The summed E-state index contributed by atoms with van der Waals surface area (Å²) >= 11 is 11.1. The lowest BCUT2D eigenvalue weighted by Crippen LogP contribution is -2.35. The molecule has 1 amide bonds. The second-order valence-electron chi connectivity index (χ2n) is 4.14. The lowest BCUT2D eigenvalue weighted by Gasteiger charge is -2.23. The molecule has 0 aromatic heterocycles. The summed E-state index contributed by atoms with van der Waals surface area (Å²) in [5, 5.41) is 0.490. The lowest BCUT2D eigenvalue weighted by atomic mass is 10.1. The second-order valence-corrected chi connectivity index (χ2v) is 4.99. The van der Waals surface area contributed by atoms with E-state index < -0.39 is 0 Å². The van der Waals surface area contributed by atoms with E-state index in [0.29, 0.717) is 10.6 Å². The first-order chi connectivity index (χ1) is 8.34. The topological polar surface area (TPSA) is 49.6 Å². The quantitative estimate of drug-likeness (QED) is 0.852. The molecule has 0 aliphatic carbocycles. The van der Waals surface area contributed by atoms with Gasteiger partial charge in [-0.15, -0.1) is 0 Å². The molecule has 0 aliphatic heterocycles. The number of thiocarbonyl (C=S) groups is 1. The summed E-state index contributed by atoms with van der Waals surface area (Å²) in [4.78, 5) is 15.2. The van der Waals surface area contributed by atoms with E-state index in [4.69, 9.17) is 29.6 Å². The van der Waals surface area contributed by atoms with Crippen molar-refractivity contribution in [3.63, 3.8) is 0 Å². The van der Waals surface area contributed by atoms with Crippen molar-refractivity contribution in [1.82, 2.24) is 4.90 Å². The van der Waals surface area contributed by atoms with Crippen LogP contribution >= 0.6 is 23.8 Å². The Kier molecular flexibility index (Phi) is 4.93. The summed E-state index contributed by atoms with van der Waals surface area (Å²) in [5.41, 5.74) is 7.02. The number of nitrogens with two attached hydrogens (primary N) is 1. The Morgan fingerprint density at radius 3 is 2.50 bits per heavy atom.